The molecule has 2 N–H and O–H groups in total. The molecule has 78 valence electrons. The van der Waals surface area contributed by atoms with Crippen LogP contribution in [-0.2, 0) is 12.8 Å². The van der Waals surface area contributed by atoms with E-state index in [0.29, 0.717) is 6.42 Å². The minimum Gasteiger partial charge on any atom is -0.391 e. The van der Waals surface area contributed by atoms with Crippen molar-refractivity contribution in [2.75, 3.05) is 0 Å². The lowest BCUT2D eigenvalue weighted by molar-refractivity contribution is 0.0319. The van der Waals surface area contributed by atoms with Gasteiger partial charge in [-0.3, -0.25) is 0 Å². The number of rotatable bonds is 4. The van der Waals surface area contributed by atoms with Crippen LogP contribution >= 0.6 is 0 Å². The molecule has 0 aliphatic rings. The molecule has 0 amide bonds. The SMILES string of the molecule is CCc1ccc(CC(O)C(C)O)cc1. The lowest BCUT2D eigenvalue weighted by Crippen LogP contribution is -2.24. The van der Waals surface area contributed by atoms with Gasteiger partial charge in [0.2, 0.25) is 0 Å². The molecule has 0 heterocycles. The Hall–Kier alpha value is -0.860. The highest BCUT2D eigenvalue weighted by atomic mass is 16.3. The van der Waals surface area contributed by atoms with Crippen LogP contribution in [0.1, 0.15) is 25.0 Å². The first kappa shape index (κ1) is 11.2. The molecule has 2 nitrogen and oxygen atoms in total. The van der Waals surface area contributed by atoms with Crippen LogP contribution in [0.2, 0.25) is 0 Å². The minimum atomic E-state index is -0.666. The molecule has 1 aromatic carbocycles. The predicted octanol–water partition coefficient (Wildman–Crippen LogP) is 1.53. The second-order valence-electron chi connectivity index (χ2n) is 3.68. The van der Waals surface area contributed by atoms with E-state index in [1.54, 1.807) is 6.92 Å². The van der Waals surface area contributed by atoms with Crippen LogP contribution in [0.5, 0.6) is 0 Å². The molecule has 14 heavy (non-hydrogen) atoms. The first-order valence-corrected chi connectivity index (χ1v) is 5.07. The zero-order valence-corrected chi connectivity index (χ0v) is 8.77. The van der Waals surface area contributed by atoms with E-state index < -0.39 is 12.2 Å². The summed E-state index contributed by atoms with van der Waals surface area (Å²) in [4.78, 5) is 0. The summed E-state index contributed by atoms with van der Waals surface area (Å²) < 4.78 is 0. The van der Waals surface area contributed by atoms with E-state index in [2.05, 4.69) is 19.1 Å². The maximum atomic E-state index is 9.46. The fraction of sp³-hybridized carbons (Fsp3) is 0.500. The largest absolute Gasteiger partial charge is 0.391 e. The standard InChI is InChI=1S/C12H18O2/c1-3-10-4-6-11(7-5-10)8-12(14)9(2)13/h4-7,9,12-14H,3,8H2,1-2H3. The van der Waals surface area contributed by atoms with Gasteiger partial charge in [-0.15, -0.1) is 0 Å². The number of aliphatic hydroxyl groups is 2. The third kappa shape index (κ3) is 3.13. The van der Waals surface area contributed by atoms with Crippen LogP contribution in [0.15, 0.2) is 24.3 Å². The van der Waals surface area contributed by atoms with Gasteiger partial charge in [-0.2, -0.15) is 0 Å². The Labute approximate surface area is 85.2 Å². The normalized spacial score (nSPS) is 15.1. The summed E-state index contributed by atoms with van der Waals surface area (Å²) >= 11 is 0. The Morgan fingerprint density at radius 2 is 1.57 bits per heavy atom. The van der Waals surface area contributed by atoms with Crippen molar-refractivity contribution in [2.24, 2.45) is 0 Å². The molecular weight excluding hydrogens is 176 g/mol. The molecule has 0 bridgehead atoms. The van der Waals surface area contributed by atoms with Gasteiger partial charge in [0.15, 0.2) is 0 Å². The molecule has 1 rings (SSSR count). The van der Waals surface area contributed by atoms with E-state index in [0.717, 1.165) is 12.0 Å². The highest BCUT2D eigenvalue weighted by Gasteiger charge is 2.10. The average Bonchev–Trinajstić information content (AvgIpc) is 2.19. The molecule has 0 aliphatic heterocycles. The van der Waals surface area contributed by atoms with E-state index in [9.17, 15) is 5.11 Å². The quantitative estimate of drug-likeness (QED) is 0.763. The Bertz CT molecular complexity index is 264. The van der Waals surface area contributed by atoms with Gasteiger partial charge in [-0.1, -0.05) is 31.2 Å². The Morgan fingerprint density at radius 3 is 2.00 bits per heavy atom. The molecule has 2 heteroatoms. The Morgan fingerprint density at radius 1 is 1.07 bits per heavy atom. The lowest BCUT2D eigenvalue weighted by atomic mass is 10.0. The van der Waals surface area contributed by atoms with Crippen LogP contribution in [-0.4, -0.2) is 22.4 Å². The predicted molar refractivity (Wildman–Crippen MR) is 57.2 cm³/mol. The van der Waals surface area contributed by atoms with Crippen LogP contribution < -0.4 is 0 Å². The summed E-state index contributed by atoms with van der Waals surface area (Å²) in [6, 6.07) is 8.13. The van der Waals surface area contributed by atoms with Gasteiger partial charge in [-0.05, 0) is 24.5 Å². The second kappa shape index (κ2) is 5.13. The molecule has 1 aromatic rings. The van der Waals surface area contributed by atoms with Gasteiger partial charge >= 0.3 is 0 Å². The topological polar surface area (TPSA) is 40.5 Å². The molecule has 2 atom stereocenters. The monoisotopic (exact) mass is 194 g/mol. The molecule has 0 spiro atoms. The van der Waals surface area contributed by atoms with Gasteiger partial charge in [0.1, 0.15) is 0 Å². The molecule has 0 saturated carbocycles. The molecule has 0 fully saturated rings. The van der Waals surface area contributed by atoms with E-state index in [4.69, 9.17) is 5.11 Å². The van der Waals surface area contributed by atoms with Gasteiger partial charge in [0.05, 0.1) is 12.2 Å². The van der Waals surface area contributed by atoms with Crippen molar-refractivity contribution in [1.29, 1.82) is 0 Å². The first-order chi connectivity index (χ1) is 6.63. The molecule has 0 saturated heterocycles. The fourth-order valence-electron chi connectivity index (χ4n) is 1.32. The Balaban J connectivity index is 2.59. The highest BCUT2D eigenvalue weighted by Crippen LogP contribution is 2.09. The number of hydrogen-bond donors (Lipinski definition) is 2. The summed E-state index contributed by atoms with van der Waals surface area (Å²) in [5.74, 6) is 0. The summed E-state index contributed by atoms with van der Waals surface area (Å²) in [5, 5.41) is 18.6. The van der Waals surface area contributed by atoms with E-state index >= 15 is 0 Å². The van der Waals surface area contributed by atoms with Crippen molar-refractivity contribution in [2.45, 2.75) is 38.9 Å². The van der Waals surface area contributed by atoms with Gasteiger partial charge in [0.25, 0.3) is 0 Å². The number of hydrogen-bond acceptors (Lipinski definition) is 2. The third-order valence-electron chi connectivity index (χ3n) is 2.43. The van der Waals surface area contributed by atoms with Crippen molar-refractivity contribution in [1.82, 2.24) is 0 Å². The summed E-state index contributed by atoms with van der Waals surface area (Å²) in [6.45, 7) is 3.71. The molecule has 0 radical (unpaired) electrons. The zero-order valence-electron chi connectivity index (χ0n) is 8.77. The molecular formula is C12H18O2. The summed E-state index contributed by atoms with van der Waals surface area (Å²) in [5.41, 5.74) is 2.36. The first-order valence-electron chi connectivity index (χ1n) is 5.07. The second-order valence-corrected chi connectivity index (χ2v) is 3.68. The van der Waals surface area contributed by atoms with E-state index in [1.165, 1.54) is 5.56 Å². The van der Waals surface area contributed by atoms with Crippen LogP contribution in [0.3, 0.4) is 0 Å². The summed E-state index contributed by atoms with van der Waals surface area (Å²) in [6.07, 6.45) is 0.212. The zero-order chi connectivity index (χ0) is 10.6. The third-order valence-corrected chi connectivity index (χ3v) is 2.43. The van der Waals surface area contributed by atoms with Crippen molar-refractivity contribution in [3.05, 3.63) is 35.4 Å². The van der Waals surface area contributed by atoms with Crippen molar-refractivity contribution in [3.63, 3.8) is 0 Å². The number of aryl methyl sites for hydroxylation is 1. The molecule has 2 unspecified atom stereocenters. The maximum Gasteiger partial charge on any atom is 0.0836 e. The average molecular weight is 194 g/mol. The van der Waals surface area contributed by atoms with Gasteiger partial charge in [-0.25, -0.2) is 0 Å². The van der Waals surface area contributed by atoms with Crippen LogP contribution in [0, 0.1) is 0 Å². The highest BCUT2D eigenvalue weighted by molar-refractivity contribution is 5.23. The van der Waals surface area contributed by atoms with E-state index in [-0.39, 0.29) is 0 Å². The van der Waals surface area contributed by atoms with Crippen LogP contribution in [0.25, 0.3) is 0 Å². The van der Waals surface area contributed by atoms with E-state index in [1.807, 2.05) is 12.1 Å². The minimum absolute atomic E-state index is 0.516. The lowest BCUT2D eigenvalue weighted by Gasteiger charge is -2.13. The number of aliphatic hydroxyl groups excluding tert-OH is 2. The molecule has 0 aliphatic carbocycles. The fourth-order valence-corrected chi connectivity index (χ4v) is 1.32. The molecule has 0 aromatic heterocycles. The smallest absolute Gasteiger partial charge is 0.0836 e. The van der Waals surface area contributed by atoms with Crippen molar-refractivity contribution >= 4 is 0 Å². The van der Waals surface area contributed by atoms with Gasteiger partial charge < -0.3 is 10.2 Å². The van der Waals surface area contributed by atoms with Gasteiger partial charge in [0, 0.05) is 6.42 Å². The Kier molecular flexibility index (Phi) is 4.11. The van der Waals surface area contributed by atoms with Crippen molar-refractivity contribution < 1.29 is 10.2 Å². The maximum absolute atomic E-state index is 9.46. The van der Waals surface area contributed by atoms with Crippen molar-refractivity contribution in [3.8, 4) is 0 Å². The summed E-state index contributed by atoms with van der Waals surface area (Å²) in [7, 11) is 0. The van der Waals surface area contributed by atoms with Crippen LogP contribution in [0.4, 0.5) is 0 Å². The number of benzene rings is 1.